The van der Waals surface area contributed by atoms with E-state index in [1.807, 2.05) is 91.8 Å². The summed E-state index contributed by atoms with van der Waals surface area (Å²) < 4.78 is 0. The van der Waals surface area contributed by atoms with E-state index in [9.17, 15) is 38.4 Å². The molecule has 6 N–H and O–H groups in total. The lowest BCUT2D eigenvalue weighted by Crippen LogP contribution is -2.58. The Kier molecular flexibility index (Phi) is 20.3. The van der Waals surface area contributed by atoms with Crippen LogP contribution in [0.4, 0.5) is 0 Å². The molecule has 0 unspecified atom stereocenters. The topological polar surface area (TPSA) is 215 Å². The number of Topliss-reactive ketones (excluding diaryl/α,β-unsaturated/α-hetero) is 1. The summed E-state index contributed by atoms with van der Waals surface area (Å²) in [4.78, 5) is 114. The summed E-state index contributed by atoms with van der Waals surface area (Å²) in [5.74, 6) is -2.94. The molecule has 2 aliphatic heterocycles. The maximum Gasteiger partial charge on any atom is 0.246 e. The second kappa shape index (κ2) is 25.9. The molecule has 2 heterocycles. The molecule has 2 aliphatic carbocycles. The summed E-state index contributed by atoms with van der Waals surface area (Å²) in [6.07, 6.45) is 8.33. The highest BCUT2D eigenvalue weighted by Crippen LogP contribution is 2.36. The first-order valence-electron chi connectivity index (χ1n) is 28.0. The Hall–Kier alpha value is -5.64. The van der Waals surface area contributed by atoms with Crippen LogP contribution in [-0.2, 0) is 51.2 Å². The van der Waals surface area contributed by atoms with Gasteiger partial charge >= 0.3 is 0 Å². The van der Waals surface area contributed by atoms with E-state index in [4.69, 9.17) is 0 Å². The number of unbranched alkanes of at least 4 members (excludes halogenated alkanes) is 2. The van der Waals surface area contributed by atoms with Crippen molar-refractivity contribution in [2.45, 2.75) is 207 Å². The van der Waals surface area contributed by atoms with Crippen molar-refractivity contribution < 1.29 is 38.4 Å². The maximum atomic E-state index is 14.6. The number of rotatable bonds is 21. The van der Waals surface area contributed by atoms with Gasteiger partial charge in [0, 0.05) is 56.3 Å². The van der Waals surface area contributed by atoms with E-state index in [2.05, 4.69) is 44.0 Å². The monoisotopic (exact) mass is 1040 g/mol. The van der Waals surface area contributed by atoms with E-state index in [-0.39, 0.29) is 110 Å². The van der Waals surface area contributed by atoms with Gasteiger partial charge in [0.1, 0.15) is 23.9 Å². The Morgan fingerprint density at radius 2 is 1.09 bits per heavy atom. The van der Waals surface area contributed by atoms with Gasteiger partial charge in [-0.3, -0.25) is 38.4 Å². The molecule has 0 spiro atoms. The zero-order chi connectivity index (χ0) is 54.8. The molecule has 0 bridgehead atoms. The summed E-state index contributed by atoms with van der Waals surface area (Å²) in [6.45, 7) is 17.2. The number of likely N-dealkylation sites (N-methyl/N-ethyl adjacent to an activating group) is 1. The third-order valence-electron chi connectivity index (χ3n) is 16.3. The number of benzene rings is 2. The Bertz CT molecular complexity index is 2210. The average Bonchev–Trinajstić information content (AvgIpc) is 4.00. The van der Waals surface area contributed by atoms with Crippen LogP contribution in [0.3, 0.4) is 0 Å². The molecule has 2 aromatic rings. The predicted octanol–water partition coefficient (Wildman–Crippen LogP) is 6.30. The number of nitrogens with one attached hydrogen (secondary N) is 6. The molecule has 2 saturated heterocycles. The van der Waals surface area contributed by atoms with Gasteiger partial charge in [-0.25, -0.2) is 0 Å². The second-order valence-corrected chi connectivity index (χ2v) is 24.1. The summed E-state index contributed by atoms with van der Waals surface area (Å²) in [5.41, 5.74) is 3.30. The van der Waals surface area contributed by atoms with Gasteiger partial charge in [-0.15, -0.1) is 0 Å². The van der Waals surface area contributed by atoms with Crippen LogP contribution < -0.4 is 31.9 Å². The lowest BCUT2D eigenvalue weighted by molar-refractivity contribution is -0.146. The van der Waals surface area contributed by atoms with Crippen molar-refractivity contribution in [1.29, 1.82) is 0 Å². The molecule has 75 heavy (non-hydrogen) atoms. The van der Waals surface area contributed by atoms with E-state index in [1.165, 1.54) is 11.1 Å². The fourth-order valence-corrected chi connectivity index (χ4v) is 11.3. The number of hydrogen-bond donors (Lipinski definition) is 6. The first-order valence-corrected chi connectivity index (χ1v) is 28.0. The molecule has 0 saturated carbocycles. The summed E-state index contributed by atoms with van der Waals surface area (Å²) in [5, 5.41) is 18.6. The number of hydrogen-bond acceptors (Lipinski definition) is 9. The Labute approximate surface area is 446 Å². The van der Waals surface area contributed by atoms with E-state index < -0.39 is 53.0 Å². The van der Waals surface area contributed by atoms with Gasteiger partial charge in [0.2, 0.25) is 41.4 Å². The summed E-state index contributed by atoms with van der Waals surface area (Å²) >= 11 is 0. The van der Waals surface area contributed by atoms with Crippen molar-refractivity contribution in [3.8, 4) is 0 Å². The smallest absolute Gasteiger partial charge is 0.246 e. The number of aryl methyl sites for hydroxylation is 2. The quantitative estimate of drug-likeness (QED) is 0.0773. The van der Waals surface area contributed by atoms with Crippen molar-refractivity contribution in [3.05, 3.63) is 70.8 Å². The molecule has 16 nitrogen and oxygen atoms in total. The Morgan fingerprint density at radius 3 is 1.53 bits per heavy atom. The minimum Gasteiger partial charge on any atom is -0.351 e. The fraction of sp³-hybridized carbons (Fsp3) is 0.661. The Balaban J connectivity index is 1.05. The third kappa shape index (κ3) is 15.3. The molecule has 7 amide bonds. The highest BCUT2D eigenvalue weighted by Gasteiger charge is 2.48. The van der Waals surface area contributed by atoms with Crippen LogP contribution in [0.25, 0.3) is 0 Å². The molecule has 16 heteroatoms. The van der Waals surface area contributed by atoms with Crippen LogP contribution in [0.15, 0.2) is 48.5 Å². The number of carbonyl (C=O) groups excluding carboxylic acids is 8. The molecule has 412 valence electrons. The number of amides is 7. The van der Waals surface area contributed by atoms with Gasteiger partial charge in [-0.05, 0) is 118 Å². The SMILES string of the molecule is CC[C@@H](C)C(=O)N[C@H](C(=O)N1C[C@@H](NC(=O)CCCCCC(=O)N[C@H]2C[C@@H](C(=O)N[C@@H]3CCCc4ccccc43)N(C(=O)[C@@H](CC(=O)[C@H](C)NC)C(C)(C)C)C2)C[C@H]1C(=O)N[C@@H]1CCCc2ccccc21)C(C)(C)C. The molecule has 0 radical (unpaired) electrons. The normalized spacial score (nSPS) is 23.1. The molecule has 6 rings (SSSR count). The van der Waals surface area contributed by atoms with Gasteiger partial charge in [0.15, 0.2) is 0 Å². The van der Waals surface area contributed by atoms with E-state index in [0.29, 0.717) is 25.7 Å². The maximum absolute atomic E-state index is 14.6. The highest BCUT2D eigenvalue weighted by molar-refractivity contribution is 5.95. The minimum atomic E-state index is -0.896. The van der Waals surface area contributed by atoms with Gasteiger partial charge < -0.3 is 41.7 Å². The highest BCUT2D eigenvalue weighted by atomic mass is 16.2. The summed E-state index contributed by atoms with van der Waals surface area (Å²) in [7, 11) is 1.71. The van der Waals surface area contributed by atoms with Crippen LogP contribution in [0.1, 0.15) is 180 Å². The number of carbonyl (C=O) groups is 8. The van der Waals surface area contributed by atoms with Crippen LogP contribution in [0.5, 0.6) is 0 Å². The van der Waals surface area contributed by atoms with Crippen molar-refractivity contribution in [1.82, 2.24) is 41.7 Å². The largest absolute Gasteiger partial charge is 0.351 e. The lowest BCUT2D eigenvalue weighted by atomic mass is 9.76. The van der Waals surface area contributed by atoms with Crippen molar-refractivity contribution in [2.24, 2.45) is 22.7 Å². The molecule has 2 aromatic carbocycles. The van der Waals surface area contributed by atoms with Crippen LogP contribution in [-0.4, -0.2) is 113 Å². The number of nitrogens with zero attached hydrogens (tertiary/aromatic N) is 2. The number of likely N-dealkylation sites (tertiary alicyclic amines) is 2. The fourth-order valence-electron chi connectivity index (χ4n) is 11.3. The Morgan fingerprint density at radius 1 is 0.627 bits per heavy atom. The van der Waals surface area contributed by atoms with Crippen molar-refractivity contribution in [3.63, 3.8) is 0 Å². The van der Waals surface area contributed by atoms with Gasteiger partial charge in [-0.1, -0.05) is 110 Å². The molecule has 10 atom stereocenters. The molecular weight excluding hydrogens is 949 g/mol. The second-order valence-electron chi connectivity index (χ2n) is 24.1. The van der Waals surface area contributed by atoms with Crippen LogP contribution in [0, 0.1) is 22.7 Å². The van der Waals surface area contributed by atoms with Crippen LogP contribution >= 0.6 is 0 Å². The average molecular weight is 1040 g/mol. The first kappa shape index (κ1) is 58.6. The summed E-state index contributed by atoms with van der Waals surface area (Å²) in [6, 6.07) is 11.8. The zero-order valence-corrected chi connectivity index (χ0v) is 46.6. The van der Waals surface area contributed by atoms with E-state index in [0.717, 1.165) is 49.7 Å². The number of fused-ring (bicyclic) bond motifs is 2. The van der Waals surface area contributed by atoms with Crippen molar-refractivity contribution >= 4 is 47.1 Å². The predicted molar refractivity (Wildman–Crippen MR) is 290 cm³/mol. The van der Waals surface area contributed by atoms with E-state index >= 15 is 0 Å². The molecule has 4 aliphatic rings. The van der Waals surface area contributed by atoms with E-state index in [1.54, 1.807) is 23.8 Å². The van der Waals surface area contributed by atoms with Gasteiger partial charge in [0.25, 0.3) is 0 Å². The minimum absolute atomic E-state index is 0.0181. The third-order valence-corrected chi connectivity index (χ3v) is 16.3. The lowest BCUT2D eigenvalue weighted by Gasteiger charge is -2.36. The van der Waals surface area contributed by atoms with Crippen molar-refractivity contribution in [2.75, 3.05) is 20.1 Å². The van der Waals surface area contributed by atoms with Gasteiger partial charge in [-0.2, -0.15) is 0 Å². The standard InChI is InChI=1S/C59H88N8O8/c1-11-36(2)53(71)65-52(59(7,8)9)57(75)67-35-41(32-48(67)55(73)64-46-28-20-24-39-22-16-18-26-43(39)46)62-51(70)30-14-12-13-29-50(69)61-40-31-47(54(72)63-45-27-19-23-38-21-15-17-25-42(38)45)66(34-40)56(74)44(58(4,5)6)33-49(68)37(3)60-10/h15-18,21-22,25-26,36-37,40-41,44-48,52,60H,11-14,19-20,23-24,27-35H2,1-10H3,(H,61,69)(H,62,70)(H,63,72)(H,64,73)(H,65,71)/t36-,37+,40+,41+,44-,45-,46-,47+,48+,52-/m1/s1. The first-order chi connectivity index (χ1) is 35.5. The zero-order valence-electron chi connectivity index (χ0n) is 46.6. The molecule has 0 aromatic heterocycles. The molecule has 2 fully saturated rings. The molecular formula is C59H88N8O8. The van der Waals surface area contributed by atoms with Gasteiger partial charge in [0.05, 0.1) is 18.1 Å². The van der Waals surface area contributed by atoms with Crippen LogP contribution in [0.2, 0.25) is 0 Å². The number of ketones is 1.